The van der Waals surface area contributed by atoms with Crippen molar-refractivity contribution in [3.05, 3.63) is 84.1 Å². The molecule has 3 aromatic rings. The molecule has 2 aromatic carbocycles. The number of nitrogens with zero attached hydrogens (tertiary/aromatic N) is 2. The molecule has 0 amide bonds. The van der Waals surface area contributed by atoms with E-state index in [1.54, 1.807) is 0 Å². The third kappa shape index (κ3) is 2.58. The second-order valence-corrected chi connectivity index (χ2v) is 4.52. The van der Waals surface area contributed by atoms with E-state index in [1.165, 1.54) is 0 Å². The van der Waals surface area contributed by atoms with Crippen LogP contribution in [0.25, 0.3) is 11.3 Å². The first-order chi connectivity index (χ1) is 9.84. The zero-order valence-electron chi connectivity index (χ0n) is 10.8. The van der Waals surface area contributed by atoms with Crippen LogP contribution in [-0.2, 0) is 0 Å². The molecule has 0 bridgehead atoms. The number of aromatic nitrogens is 2. The fourth-order valence-corrected chi connectivity index (χ4v) is 2.06. The van der Waals surface area contributed by atoms with Gasteiger partial charge in [-0.1, -0.05) is 60.7 Å². The molecule has 20 heavy (non-hydrogen) atoms. The summed E-state index contributed by atoms with van der Waals surface area (Å²) in [4.78, 5) is 0. The van der Waals surface area contributed by atoms with Crippen LogP contribution in [0.1, 0.15) is 17.4 Å². The van der Waals surface area contributed by atoms with Crippen molar-refractivity contribution in [3.63, 3.8) is 0 Å². The topological polar surface area (TPSA) is 46.0 Å². The molecule has 3 rings (SSSR count). The quantitative estimate of drug-likeness (QED) is 0.788. The normalized spacial score (nSPS) is 12.1. The van der Waals surface area contributed by atoms with Gasteiger partial charge in [0.05, 0.1) is 11.4 Å². The number of aliphatic hydroxyl groups is 1. The fraction of sp³-hybridized carbons (Fsp3) is 0.0588. The van der Waals surface area contributed by atoms with Gasteiger partial charge < -0.3 is 5.11 Å². The van der Waals surface area contributed by atoms with E-state index in [2.05, 4.69) is 10.2 Å². The van der Waals surface area contributed by atoms with Crippen LogP contribution >= 0.6 is 0 Å². The Labute approximate surface area is 117 Å². The molecule has 3 nitrogen and oxygen atoms in total. The lowest BCUT2D eigenvalue weighted by atomic mass is 10.1. The van der Waals surface area contributed by atoms with E-state index in [-0.39, 0.29) is 0 Å². The first-order valence-electron chi connectivity index (χ1n) is 6.46. The first-order valence-corrected chi connectivity index (χ1v) is 6.46. The molecular formula is C17H14N2O. The molecule has 0 aliphatic carbocycles. The van der Waals surface area contributed by atoms with Crippen molar-refractivity contribution < 1.29 is 5.11 Å². The highest BCUT2D eigenvalue weighted by molar-refractivity contribution is 5.58. The Kier molecular flexibility index (Phi) is 3.52. The van der Waals surface area contributed by atoms with Gasteiger partial charge in [-0.3, -0.25) is 0 Å². The molecule has 0 saturated carbocycles. The summed E-state index contributed by atoms with van der Waals surface area (Å²) in [6.07, 6.45) is -0.742. The summed E-state index contributed by atoms with van der Waals surface area (Å²) in [5.74, 6) is 0. The molecule has 0 aliphatic rings. The highest BCUT2D eigenvalue weighted by Gasteiger charge is 2.12. The minimum absolute atomic E-state index is 0.552. The van der Waals surface area contributed by atoms with E-state index < -0.39 is 6.10 Å². The Morgan fingerprint density at radius 1 is 0.700 bits per heavy atom. The fourth-order valence-electron chi connectivity index (χ4n) is 2.06. The lowest BCUT2D eigenvalue weighted by Gasteiger charge is -2.10. The monoisotopic (exact) mass is 262 g/mol. The molecule has 1 aromatic heterocycles. The van der Waals surface area contributed by atoms with Crippen molar-refractivity contribution in [3.8, 4) is 11.3 Å². The lowest BCUT2D eigenvalue weighted by molar-refractivity contribution is 0.214. The minimum Gasteiger partial charge on any atom is -0.382 e. The van der Waals surface area contributed by atoms with Crippen LogP contribution in [0, 0.1) is 0 Å². The molecule has 0 radical (unpaired) electrons. The van der Waals surface area contributed by atoms with E-state index in [0.29, 0.717) is 5.69 Å². The van der Waals surface area contributed by atoms with Gasteiger partial charge in [0, 0.05) is 5.56 Å². The summed E-state index contributed by atoms with van der Waals surface area (Å²) in [6, 6.07) is 23.0. The van der Waals surface area contributed by atoms with Crippen molar-refractivity contribution in [1.29, 1.82) is 0 Å². The van der Waals surface area contributed by atoms with Crippen LogP contribution in [0.15, 0.2) is 72.8 Å². The molecule has 1 unspecified atom stereocenters. The Morgan fingerprint density at radius 3 is 1.95 bits per heavy atom. The molecule has 1 N–H and O–H groups in total. The summed E-state index contributed by atoms with van der Waals surface area (Å²) in [7, 11) is 0. The van der Waals surface area contributed by atoms with Crippen molar-refractivity contribution in [2.24, 2.45) is 0 Å². The molecule has 98 valence electrons. The Bertz CT molecular complexity index is 666. The van der Waals surface area contributed by atoms with Crippen LogP contribution in [0.4, 0.5) is 0 Å². The summed E-state index contributed by atoms with van der Waals surface area (Å²) >= 11 is 0. The van der Waals surface area contributed by atoms with E-state index >= 15 is 0 Å². The Morgan fingerprint density at radius 2 is 1.35 bits per heavy atom. The summed E-state index contributed by atoms with van der Waals surface area (Å²) in [6.45, 7) is 0. The van der Waals surface area contributed by atoms with Crippen molar-refractivity contribution in [2.75, 3.05) is 0 Å². The average molecular weight is 262 g/mol. The predicted octanol–water partition coefficient (Wildman–Crippen LogP) is 3.23. The summed E-state index contributed by atoms with van der Waals surface area (Å²) < 4.78 is 0. The highest BCUT2D eigenvalue weighted by atomic mass is 16.3. The van der Waals surface area contributed by atoms with Gasteiger partial charge in [-0.05, 0) is 17.7 Å². The molecule has 3 heteroatoms. The standard InChI is InChI=1S/C17H14N2O/c20-17(14-9-5-2-6-10-14)16-12-11-15(18-19-16)13-7-3-1-4-8-13/h1-12,17,20H. The summed E-state index contributed by atoms with van der Waals surface area (Å²) in [5.41, 5.74) is 3.18. The van der Waals surface area contributed by atoms with Crippen LogP contribution in [0.2, 0.25) is 0 Å². The third-order valence-corrected chi connectivity index (χ3v) is 3.15. The van der Waals surface area contributed by atoms with Gasteiger partial charge in [0.2, 0.25) is 0 Å². The number of hydrogen-bond acceptors (Lipinski definition) is 3. The van der Waals surface area contributed by atoms with E-state index in [1.807, 2.05) is 72.8 Å². The number of rotatable bonds is 3. The summed E-state index contributed by atoms with van der Waals surface area (Å²) in [5, 5.41) is 18.6. The zero-order chi connectivity index (χ0) is 13.8. The molecule has 1 atom stereocenters. The minimum atomic E-state index is -0.742. The molecule has 1 heterocycles. The van der Waals surface area contributed by atoms with Crippen molar-refractivity contribution in [2.45, 2.75) is 6.10 Å². The predicted molar refractivity (Wildman–Crippen MR) is 78.0 cm³/mol. The molecule has 0 aliphatic heterocycles. The second-order valence-electron chi connectivity index (χ2n) is 4.52. The number of benzene rings is 2. The number of hydrogen-bond donors (Lipinski definition) is 1. The number of aliphatic hydroxyl groups excluding tert-OH is 1. The van der Waals surface area contributed by atoms with Gasteiger partial charge in [-0.25, -0.2) is 0 Å². The van der Waals surface area contributed by atoms with Gasteiger partial charge >= 0.3 is 0 Å². The van der Waals surface area contributed by atoms with Crippen LogP contribution in [-0.4, -0.2) is 15.3 Å². The molecule has 0 saturated heterocycles. The molecule has 0 fully saturated rings. The first kappa shape index (κ1) is 12.5. The van der Waals surface area contributed by atoms with Gasteiger partial charge in [-0.15, -0.1) is 0 Å². The van der Waals surface area contributed by atoms with Crippen molar-refractivity contribution >= 4 is 0 Å². The second kappa shape index (κ2) is 5.63. The van der Waals surface area contributed by atoms with Crippen LogP contribution in [0.3, 0.4) is 0 Å². The van der Waals surface area contributed by atoms with Gasteiger partial charge in [-0.2, -0.15) is 10.2 Å². The van der Waals surface area contributed by atoms with Crippen LogP contribution < -0.4 is 0 Å². The highest BCUT2D eigenvalue weighted by Crippen LogP contribution is 2.21. The van der Waals surface area contributed by atoms with Gasteiger partial charge in [0.1, 0.15) is 6.10 Å². The average Bonchev–Trinajstić information content (AvgIpc) is 2.56. The SMILES string of the molecule is OC(c1ccccc1)c1ccc(-c2ccccc2)nn1. The smallest absolute Gasteiger partial charge is 0.123 e. The Hall–Kier alpha value is -2.52. The maximum Gasteiger partial charge on any atom is 0.123 e. The molecular weight excluding hydrogens is 248 g/mol. The van der Waals surface area contributed by atoms with E-state index in [0.717, 1.165) is 16.8 Å². The lowest BCUT2D eigenvalue weighted by Crippen LogP contribution is -2.03. The van der Waals surface area contributed by atoms with Gasteiger partial charge in [0.15, 0.2) is 0 Å². The largest absolute Gasteiger partial charge is 0.382 e. The maximum absolute atomic E-state index is 10.3. The van der Waals surface area contributed by atoms with E-state index in [9.17, 15) is 5.11 Å². The van der Waals surface area contributed by atoms with E-state index in [4.69, 9.17) is 0 Å². The van der Waals surface area contributed by atoms with Crippen molar-refractivity contribution in [1.82, 2.24) is 10.2 Å². The third-order valence-electron chi connectivity index (χ3n) is 3.15. The zero-order valence-corrected chi connectivity index (χ0v) is 10.8. The Balaban J connectivity index is 1.87. The van der Waals surface area contributed by atoms with Gasteiger partial charge in [0.25, 0.3) is 0 Å². The van der Waals surface area contributed by atoms with Crippen LogP contribution in [0.5, 0.6) is 0 Å². The maximum atomic E-state index is 10.3. The molecule has 0 spiro atoms.